The zero-order valence-electron chi connectivity index (χ0n) is 12.1. The van der Waals surface area contributed by atoms with E-state index in [1.54, 1.807) is 12.1 Å². The Morgan fingerprint density at radius 1 is 1.18 bits per heavy atom. The minimum Gasteiger partial charge on any atom is -0.425 e. The van der Waals surface area contributed by atoms with Crippen LogP contribution in [0.25, 0.3) is 11.0 Å². The monoisotopic (exact) mass is 297 g/mol. The van der Waals surface area contributed by atoms with E-state index in [4.69, 9.17) is 14.0 Å². The third-order valence-corrected chi connectivity index (χ3v) is 3.23. The van der Waals surface area contributed by atoms with E-state index >= 15 is 0 Å². The Kier molecular flexibility index (Phi) is 4.16. The largest absolute Gasteiger partial charge is 0.425 e. The summed E-state index contributed by atoms with van der Waals surface area (Å²) in [5.41, 5.74) is 2.61. The lowest BCUT2D eigenvalue weighted by molar-refractivity contribution is -0.138. The molecule has 22 heavy (non-hydrogen) atoms. The molecule has 0 aliphatic carbocycles. The van der Waals surface area contributed by atoms with Crippen molar-refractivity contribution in [2.24, 2.45) is 0 Å². The maximum atomic E-state index is 11.4. The Hall–Kier alpha value is -2.66. The van der Waals surface area contributed by atoms with Crippen molar-refractivity contribution in [2.75, 3.05) is 13.7 Å². The Balaban J connectivity index is 1.82. The second-order valence-corrected chi connectivity index (χ2v) is 4.86. The van der Waals surface area contributed by atoms with Crippen LogP contribution < -0.4 is 4.74 Å². The molecule has 0 saturated heterocycles. The van der Waals surface area contributed by atoms with Gasteiger partial charge in [0.15, 0.2) is 5.58 Å². The number of ether oxygens (including phenoxy) is 2. The van der Waals surface area contributed by atoms with E-state index in [1.807, 2.05) is 36.4 Å². The van der Waals surface area contributed by atoms with E-state index in [0.29, 0.717) is 17.8 Å². The highest BCUT2D eigenvalue weighted by atomic mass is 16.6. The van der Waals surface area contributed by atoms with E-state index in [0.717, 1.165) is 16.6 Å². The fourth-order valence-electron chi connectivity index (χ4n) is 2.23. The number of nitrogens with zero attached hydrogens (tertiary/aromatic N) is 1. The van der Waals surface area contributed by atoms with Gasteiger partial charge in [0.05, 0.1) is 5.69 Å². The number of carbonyl (C=O) groups is 1. The molecule has 2 aromatic carbocycles. The summed E-state index contributed by atoms with van der Waals surface area (Å²) in [5.74, 6) is -0.0390. The highest BCUT2D eigenvalue weighted by Crippen LogP contribution is 2.25. The maximum absolute atomic E-state index is 11.4. The number of hydrogen-bond acceptors (Lipinski definition) is 5. The summed E-state index contributed by atoms with van der Waals surface area (Å²) in [7, 11) is 1.44. The lowest BCUT2D eigenvalue weighted by atomic mass is 10.1. The fraction of sp³-hybridized carbons (Fsp3) is 0.176. The van der Waals surface area contributed by atoms with Crippen molar-refractivity contribution in [3.63, 3.8) is 0 Å². The summed E-state index contributed by atoms with van der Waals surface area (Å²) in [6, 6.07) is 15.3. The van der Waals surface area contributed by atoms with Gasteiger partial charge in [-0.1, -0.05) is 35.5 Å². The van der Waals surface area contributed by atoms with Crippen molar-refractivity contribution in [1.29, 1.82) is 0 Å². The zero-order chi connectivity index (χ0) is 15.4. The molecule has 0 fully saturated rings. The van der Waals surface area contributed by atoms with E-state index < -0.39 is 5.97 Å². The van der Waals surface area contributed by atoms with Crippen molar-refractivity contribution in [1.82, 2.24) is 5.16 Å². The Bertz CT molecular complexity index is 780. The molecule has 5 heteroatoms. The molecule has 0 amide bonds. The molecular weight excluding hydrogens is 282 g/mol. The van der Waals surface area contributed by atoms with E-state index in [2.05, 4.69) is 5.16 Å². The van der Waals surface area contributed by atoms with Gasteiger partial charge in [-0.15, -0.1) is 0 Å². The second kappa shape index (κ2) is 6.41. The Morgan fingerprint density at radius 2 is 2.00 bits per heavy atom. The van der Waals surface area contributed by atoms with Crippen LogP contribution in [0.15, 0.2) is 53.1 Å². The van der Waals surface area contributed by atoms with Crippen LogP contribution in [-0.2, 0) is 16.0 Å². The topological polar surface area (TPSA) is 61.6 Å². The first kappa shape index (κ1) is 14.3. The molecule has 0 spiro atoms. The zero-order valence-corrected chi connectivity index (χ0v) is 12.1. The van der Waals surface area contributed by atoms with Crippen molar-refractivity contribution in [3.8, 4) is 5.75 Å². The lowest BCUT2D eigenvalue weighted by Gasteiger charge is -2.03. The van der Waals surface area contributed by atoms with E-state index in [9.17, 15) is 4.79 Å². The standard InChI is InChI=1S/C17H15NO4/c1-20-11-17(19)21-13-7-8-14-15(18-22-16(14)10-13)9-12-5-3-2-4-6-12/h2-8,10H,9,11H2,1H3. The van der Waals surface area contributed by atoms with Crippen LogP contribution in [0.1, 0.15) is 11.3 Å². The molecule has 5 nitrogen and oxygen atoms in total. The maximum Gasteiger partial charge on any atom is 0.337 e. The molecule has 0 atom stereocenters. The first-order chi connectivity index (χ1) is 10.8. The highest BCUT2D eigenvalue weighted by Gasteiger charge is 2.11. The number of methoxy groups -OCH3 is 1. The highest BCUT2D eigenvalue weighted by molar-refractivity contribution is 5.82. The van der Waals surface area contributed by atoms with Crippen LogP contribution in [0.2, 0.25) is 0 Å². The quantitative estimate of drug-likeness (QED) is 0.535. The molecule has 0 aliphatic heterocycles. The van der Waals surface area contributed by atoms with Gasteiger partial charge in [-0.25, -0.2) is 4.79 Å². The molecule has 3 aromatic rings. The Morgan fingerprint density at radius 3 is 2.77 bits per heavy atom. The van der Waals surface area contributed by atoms with Gasteiger partial charge < -0.3 is 14.0 Å². The average molecular weight is 297 g/mol. The Labute approximate surface area is 127 Å². The summed E-state index contributed by atoms with van der Waals surface area (Å²) in [6.45, 7) is -0.0896. The first-order valence-electron chi connectivity index (χ1n) is 6.88. The number of benzene rings is 2. The van der Waals surface area contributed by atoms with Gasteiger partial charge in [0.25, 0.3) is 0 Å². The minimum absolute atomic E-state index is 0.0896. The van der Waals surface area contributed by atoms with Gasteiger partial charge in [0.2, 0.25) is 0 Å². The predicted octanol–water partition coefficient (Wildman–Crippen LogP) is 2.97. The number of esters is 1. The van der Waals surface area contributed by atoms with Crippen LogP contribution in [0, 0.1) is 0 Å². The van der Waals surface area contributed by atoms with Crippen molar-refractivity contribution >= 4 is 16.9 Å². The number of hydrogen-bond donors (Lipinski definition) is 0. The summed E-state index contributed by atoms with van der Waals surface area (Å²) >= 11 is 0. The van der Waals surface area contributed by atoms with Crippen LogP contribution in [0.4, 0.5) is 0 Å². The molecule has 0 saturated carbocycles. The molecule has 1 aromatic heterocycles. The molecule has 0 aliphatic rings. The number of carbonyl (C=O) groups excluding carboxylic acids is 1. The number of aromatic nitrogens is 1. The molecule has 0 bridgehead atoms. The number of rotatable bonds is 5. The third kappa shape index (κ3) is 3.15. The van der Waals surface area contributed by atoms with Gasteiger partial charge in [-0.2, -0.15) is 0 Å². The van der Waals surface area contributed by atoms with Gasteiger partial charge in [0, 0.05) is 25.0 Å². The van der Waals surface area contributed by atoms with Crippen LogP contribution in [0.5, 0.6) is 5.75 Å². The van der Waals surface area contributed by atoms with Crippen molar-refractivity contribution < 1.29 is 18.8 Å². The average Bonchev–Trinajstić information content (AvgIpc) is 2.91. The summed E-state index contributed by atoms with van der Waals surface area (Å²) in [5, 5.41) is 5.02. The van der Waals surface area contributed by atoms with Gasteiger partial charge in [-0.05, 0) is 17.7 Å². The van der Waals surface area contributed by atoms with Gasteiger partial charge in [-0.3, -0.25) is 0 Å². The van der Waals surface area contributed by atoms with E-state index in [-0.39, 0.29) is 6.61 Å². The van der Waals surface area contributed by atoms with Crippen LogP contribution >= 0.6 is 0 Å². The number of fused-ring (bicyclic) bond motifs is 1. The van der Waals surface area contributed by atoms with Crippen molar-refractivity contribution in [3.05, 3.63) is 59.8 Å². The summed E-state index contributed by atoms with van der Waals surface area (Å²) < 4.78 is 15.2. The van der Waals surface area contributed by atoms with Crippen LogP contribution in [0.3, 0.4) is 0 Å². The SMILES string of the molecule is COCC(=O)Oc1ccc2c(Cc3ccccc3)noc2c1. The summed E-state index contributed by atoms with van der Waals surface area (Å²) in [6.07, 6.45) is 0.691. The molecule has 112 valence electrons. The smallest absolute Gasteiger partial charge is 0.337 e. The molecule has 3 rings (SSSR count). The van der Waals surface area contributed by atoms with Crippen molar-refractivity contribution in [2.45, 2.75) is 6.42 Å². The molecule has 0 N–H and O–H groups in total. The lowest BCUT2D eigenvalue weighted by Crippen LogP contribution is -2.13. The van der Waals surface area contributed by atoms with E-state index in [1.165, 1.54) is 7.11 Å². The second-order valence-electron chi connectivity index (χ2n) is 4.86. The molecular formula is C17H15NO4. The van der Waals surface area contributed by atoms with Gasteiger partial charge in [0.1, 0.15) is 12.4 Å². The molecule has 0 radical (unpaired) electrons. The molecule has 1 heterocycles. The predicted molar refractivity (Wildman–Crippen MR) is 80.8 cm³/mol. The third-order valence-electron chi connectivity index (χ3n) is 3.23. The molecule has 0 unspecified atom stereocenters. The summed E-state index contributed by atoms with van der Waals surface area (Å²) in [4.78, 5) is 11.4. The fourth-order valence-corrected chi connectivity index (χ4v) is 2.23. The van der Waals surface area contributed by atoms with Gasteiger partial charge >= 0.3 is 5.97 Å². The minimum atomic E-state index is -0.453. The normalized spacial score (nSPS) is 10.8. The van der Waals surface area contributed by atoms with Crippen LogP contribution in [-0.4, -0.2) is 24.8 Å². The first-order valence-corrected chi connectivity index (χ1v) is 6.88.